The fourth-order valence-electron chi connectivity index (χ4n) is 2.18. The van der Waals surface area contributed by atoms with E-state index in [2.05, 4.69) is 5.32 Å². The van der Waals surface area contributed by atoms with Gasteiger partial charge in [-0.15, -0.1) is 0 Å². The highest BCUT2D eigenvalue weighted by molar-refractivity contribution is 5.72. The van der Waals surface area contributed by atoms with Gasteiger partial charge in [0.1, 0.15) is 0 Å². The van der Waals surface area contributed by atoms with E-state index in [9.17, 15) is 4.79 Å². The Labute approximate surface area is 89.1 Å². The molecule has 0 unspecified atom stereocenters. The van der Waals surface area contributed by atoms with Gasteiger partial charge in [-0.2, -0.15) is 0 Å². The zero-order valence-electron chi connectivity index (χ0n) is 8.52. The molecule has 80 valence electrons. The van der Waals surface area contributed by atoms with Crippen LogP contribution in [-0.2, 0) is 4.79 Å². The van der Waals surface area contributed by atoms with Crippen LogP contribution in [0.4, 0.5) is 5.69 Å². The first kappa shape index (κ1) is 10.0. The molecule has 1 fully saturated rings. The molecule has 0 aromatic heterocycles. The molecule has 0 saturated heterocycles. The molecule has 3 heteroatoms. The van der Waals surface area contributed by atoms with Crippen LogP contribution in [0, 0.1) is 5.92 Å². The molecule has 0 amide bonds. The van der Waals surface area contributed by atoms with Crippen LogP contribution in [0.3, 0.4) is 0 Å². The van der Waals surface area contributed by atoms with Crippen molar-refractivity contribution in [2.75, 3.05) is 5.32 Å². The molecule has 0 heterocycles. The summed E-state index contributed by atoms with van der Waals surface area (Å²) in [7, 11) is 0. The number of hydrogen-bond acceptors (Lipinski definition) is 2. The van der Waals surface area contributed by atoms with Crippen molar-refractivity contribution in [1.29, 1.82) is 0 Å². The van der Waals surface area contributed by atoms with E-state index in [-0.39, 0.29) is 12.0 Å². The molecule has 2 N–H and O–H groups in total. The minimum Gasteiger partial charge on any atom is -0.481 e. The van der Waals surface area contributed by atoms with E-state index in [4.69, 9.17) is 5.11 Å². The number of carboxylic acids is 1. The fraction of sp³-hybridized carbons (Fsp3) is 0.417. The Hall–Kier alpha value is -1.51. The second-order valence-electron chi connectivity index (χ2n) is 3.99. The lowest BCUT2D eigenvalue weighted by atomic mass is 10.0. The average Bonchev–Trinajstić information content (AvgIpc) is 2.67. The molecule has 0 aliphatic heterocycles. The van der Waals surface area contributed by atoms with Crippen LogP contribution in [0.15, 0.2) is 30.3 Å². The van der Waals surface area contributed by atoms with Crippen LogP contribution in [0.5, 0.6) is 0 Å². The third-order valence-corrected chi connectivity index (χ3v) is 2.96. The van der Waals surface area contributed by atoms with Gasteiger partial charge in [0.25, 0.3) is 0 Å². The summed E-state index contributed by atoms with van der Waals surface area (Å²) in [5.41, 5.74) is 1.01. The third kappa shape index (κ3) is 2.29. The minimum atomic E-state index is -0.680. The van der Waals surface area contributed by atoms with Gasteiger partial charge in [-0.25, -0.2) is 0 Å². The third-order valence-electron chi connectivity index (χ3n) is 2.96. The molecule has 0 spiro atoms. The lowest BCUT2D eigenvalue weighted by Gasteiger charge is -2.18. The number of para-hydroxylation sites is 1. The zero-order valence-corrected chi connectivity index (χ0v) is 8.52. The van der Waals surface area contributed by atoms with Crippen LogP contribution in [-0.4, -0.2) is 17.1 Å². The second kappa shape index (κ2) is 4.34. The maximum atomic E-state index is 11.0. The monoisotopic (exact) mass is 205 g/mol. The molecule has 15 heavy (non-hydrogen) atoms. The van der Waals surface area contributed by atoms with Crippen LogP contribution in [0.2, 0.25) is 0 Å². The first-order chi connectivity index (χ1) is 7.27. The molecule has 2 atom stereocenters. The summed E-state index contributed by atoms with van der Waals surface area (Å²) in [5.74, 6) is -0.911. The summed E-state index contributed by atoms with van der Waals surface area (Å²) in [4.78, 5) is 11.0. The van der Waals surface area contributed by atoms with Gasteiger partial charge >= 0.3 is 5.97 Å². The predicted molar refractivity (Wildman–Crippen MR) is 58.8 cm³/mol. The number of rotatable bonds is 3. The molecule has 0 radical (unpaired) electrons. The molecule has 1 aromatic rings. The van der Waals surface area contributed by atoms with Crippen LogP contribution >= 0.6 is 0 Å². The Morgan fingerprint density at radius 2 is 2.00 bits per heavy atom. The highest BCUT2D eigenvalue weighted by atomic mass is 16.4. The second-order valence-corrected chi connectivity index (χ2v) is 3.99. The van der Waals surface area contributed by atoms with Crippen molar-refractivity contribution in [1.82, 2.24) is 0 Å². The van der Waals surface area contributed by atoms with E-state index in [1.54, 1.807) is 0 Å². The first-order valence-corrected chi connectivity index (χ1v) is 5.32. The Balaban J connectivity index is 2.03. The summed E-state index contributed by atoms with van der Waals surface area (Å²) in [6, 6.07) is 9.88. The van der Waals surface area contributed by atoms with Gasteiger partial charge in [-0.3, -0.25) is 4.79 Å². The van der Waals surface area contributed by atoms with Gasteiger partial charge in [0.05, 0.1) is 5.92 Å². The van der Waals surface area contributed by atoms with E-state index in [1.807, 2.05) is 30.3 Å². The van der Waals surface area contributed by atoms with Gasteiger partial charge in [-0.05, 0) is 25.0 Å². The van der Waals surface area contributed by atoms with Crippen molar-refractivity contribution in [2.24, 2.45) is 5.92 Å². The fourth-order valence-corrected chi connectivity index (χ4v) is 2.18. The van der Waals surface area contributed by atoms with E-state index in [1.165, 1.54) is 0 Å². The summed E-state index contributed by atoms with van der Waals surface area (Å²) >= 11 is 0. The molecular weight excluding hydrogens is 190 g/mol. The quantitative estimate of drug-likeness (QED) is 0.796. The Morgan fingerprint density at radius 3 is 2.67 bits per heavy atom. The number of benzene rings is 1. The number of aliphatic carboxylic acids is 1. The summed E-state index contributed by atoms with van der Waals surface area (Å²) in [6.45, 7) is 0. The van der Waals surface area contributed by atoms with Crippen molar-refractivity contribution < 1.29 is 9.90 Å². The summed E-state index contributed by atoms with van der Waals surface area (Å²) < 4.78 is 0. The molecular formula is C12H15NO2. The molecule has 1 saturated carbocycles. The maximum Gasteiger partial charge on any atom is 0.308 e. The molecule has 2 rings (SSSR count). The van der Waals surface area contributed by atoms with E-state index < -0.39 is 5.97 Å². The minimum absolute atomic E-state index is 0.0879. The van der Waals surface area contributed by atoms with Gasteiger partial charge in [0.15, 0.2) is 0 Å². The topological polar surface area (TPSA) is 49.3 Å². The molecule has 0 bridgehead atoms. The van der Waals surface area contributed by atoms with Crippen LogP contribution < -0.4 is 5.32 Å². The summed E-state index contributed by atoms with van der Waals surface area (Å²) in [6.07, 6.45) is 2.74. The SMILES string of the molecule is O=C(O)[C@@H]1CCC[C@@H]1Nc1ccccc1. The first-order valence-electron chi connectivity index (χ1n) is 5.32. The number of carbonyl (C=O) groups is 1. The van der Waals surface area contributed by atoms with Crippen molar-refractivity contribution >= 4 is 11.7 Å². The predicted octanol–water partition coefficient (Wildman–Crippen LogP) is 2.35. The van der Waals surface area contributed by atoms with Crippen molar-refractivity contribution in [3.05, 3.63) is 30.3 Å². The van der Waals surface area contributed by atoms with E-state index >= 15 is 0 Å². The molecule has 1 aromatic carbocycles. The van der Waals surface area contributed by atoms with Gasteiger partial charge < -0.3 is 10.4 Å². The zero-order chi connectivity index (χ0) is 10.7. The average molecular weight is 205 g/mol. The summed E-state index contributed by atoms with van der Waals surface area (Å²) in [5, 5.41) is 12.3. The number of nitrogens with one attached hydrogen (secondary N) is 1. The molecule has 3 nitrogen and oxygen atoms in total. The largest absolute Gasteiger partial charge is 0.481 e. The maximum absolute atomic E-state index is 11.0. The lowest BCUT2D eigenvalue weighted by molar-refractivity contribution is -0.141. The lowest BCUT2D eigenvalue weighted by Crippen LogP contribution is -2.29. The van der Waals surface area contributed by atoms with E-state index in [0.29, 0.717) is 0 Å². The highest BCUT2D eigenvalue weighted by Crippen LogP contribution is 2.28. The Morgan fingerprint density at radius 1 is 1.27 bits per heavy atom. The number of hydrogen-bond donors (Lipinski definition) is 2. The van der Waals surface area contributed by atoms with Crippen molar-refractivity contribution in [3.63, 3.8) is 0 Å². The smallest absolute Gasteiger partial charge is 0.308 e. The standard InChI is InChI=1S/C12H15NO2/c14-12(15)10-7-4-8-11(10)13-9-5-2-1-3-6-9/h1-3,5-6,10-11,13H,4,7-8H2,(H,14,15)/t10-,11+/m1/s1. The van der Waals surface area contributed by atoms with Crippen molar-refractivity contribution in [3.8, 4) is 0 Å². The Kier molecular flexibility index (Phi) is 2.90. The molecule has 1 aliphatic carbocycles. The van der Waals surface area contributed by atoms with Gasteiger partial charge in [0, 0.05) is 11.7 Å². The normalized spacial score (nSPS) is 25.1. The van der Waals surface area contributed by atoms with Crippen LogP contribution in [0.25, 0.3) is 0 Å². The van der Waals surface area contributed by atoms with E-state index in [0.717, 1.165) is 24.9 Å². The highest BCUT2D eigenvalue weighted by Gasteiger charge is 2.32. The number of carboxylic acid groups (broad SMARTS) is 1. The van der Waals surface area contributed by atoms with Gasteiger partial charge in [0.2, 0.25) is 0 Å². The Bertz CT molecular complexity index is 337. The van der Waals surface area contributed by atoms with Crippen molar-refractivity contribution in [2.45, 2.75) is 25.3 Å². The van der Waals surface area contributed by atoms with Crippen LogP contribution in [0.1, 0.15) is 19.3 Å². The number of anilines is 1. The van der Waals surface area contributed by atoms with Gasteiger partial charge in [-0.1, -0.05) is 24.6 Å². The molecule has 1 aliphatic rings.